The smallest absolute Gasteiger partial charge is 0.873 e. The van der Waals surface area contributed by atoms with Crippen LogP contribution in [0, 0.1) is 12.0 Å². The van der Waals surface area contributed by atoms with Crippen LogP contribution < -0.4 is 5.11 Å². The molecule has 0 saturated heterocycles. The second kappa shape index (κ2) is 9.75. The molecule has 0 atom stereocenters. The molecule has 0 amide bonds. The first kappa shape index (κ1) is 19.1. The minimum atomic E-state index is -0.833. The molecule has 0 bridgehead atoms. The molecule has 0 radical (unpaired) electrons. The van der Waals surface area contributed by atoms with Crippen LogP contribution in [0.4, 0.5) is 0 Å². The third kappa shape index (κ3) is 9.94. The molecule has 0 fully saturated rings. The van der Waals surface area contributed by atoms with Gasteiger partial charge in [-0.05, 0) is 0 Å². The molecule has 2 heteroatoms. The van der Waals surface area contributed by atoms with Gasteiger partial charge in [0.25, 0.3) is 0 Å². The van der Waals surface area contributed by atoms with Crippen LogP contribution >= 0.6 is 0 Å². The first-order chi connectivity index (χ1) is 6.88. The van der Waals surface area contributed by atoms with Crippen molar-refractivity contribution in [3.63, 3.8) is 0 Å². The van der Waals surface area contributed by atoms with Gasteiger partial charge in [-0.15, -0.1) is 13.8 Å². The minimum absolute atomic E-state index is 0. The topological polar surface area (TPSA) is 23.1 Å². The van der Waals surface area contributed by atoms with E-state index in [0.29, 0.717) is 0 Å². The SMILES string of the molecule is CCc1cc[c-]cc1.C[C-](C)C(C)(C)[O-].[Ba+2]. The maximum Gasteiger partial charge on any atom is 2.00 e. The standard InChI is InChI=1S/C8H9.C6H12O.Ba/c1-2-8-6-4-3-5-7-8;1-5(2)6(3,4)7;/h4-7H,2H2,1H3;1-4H3;/q-1;-2;+2. The zero-order valence-electron chi connectivity index (χ0n) is 11.1. The van der Waals surface area contributed by atoms with Crippen molar-refractivity contribution in [2.24, 2.45) is 0 Å². The van der Waals surface area contributed by atoms with Crippen molar-refractivity contribution in [1.82, 2.24) is 0 Å². The summed E-state index contributed by atoms with van der Waals surface area (Å²) in [5.74, 6) is 0.938. The maximum atomic E-state index is 10.8. The fourth-order valence-corrected chi connectivity index (χ4v) is 0.657. The molecule has 1 nitrogen and oxygen atoms in total. The molecule has 1 aromatic carbocycles. The Morgan fingerprint density at radius 2 is 1.62 bits per heavy atom. The van der Waals surface area contributed by atoms with Gasteiger partial charge in [-0.25, -0.2) is 0 Å². The van der Waals surface area contributed by atoms with E-state index in [1.165, 1.54) is 5.56 Å². The van der Waals surface area contributed by atoms with E-state index in [0.717, 1.165) is 12.3 Å². The molecule has 0 unspecified atom stereocenters. The van der Waals surface area contributed by atoms with Crippen molar-refractivity contribution in [2.45, 2.75) is 46.6 Å². The summed E-state index contributed by atoms with van der Waals surface area (Å²) in [5, 5.41) is 10.8. The van der Waals surface area contributed by atoms with E-state index in [4.69, 9.17) is 0 Å². The third-order valence-corrected chi connectivity index (χ3v) is 2.40. The molecule has 1 aromatic rings. The molecular weight excluding hydrogens is 321 g/mol. The van der Waals surface area contributed by atoms with Gasteiger partial charge in [0.1, 0.15) is 0 Å². The molecule has 0 spiro atoms. The summed E-state index contributed by atoms with van der Waals surface area (Å²) in [7, 11) is 0. The Morgan fingerprint density at radius 3 is 1.81 bits per heavy atom. The Morgan fingerprint density at radius 1 is 1.25 bits per heavy atom. The molecule has 0 aliphatic rings. The first-order valence-electron chi connectivity index (χ1n) is 5.34. The number of aryl methyl sites for hydroxylation is 1. The van der Waals surface area contributed by atoms with Gasteiger partial charge in [0.05, 0.1) is 0 Å². The van der Waals surface area contributed by atoms with Crippen LogP contribution in [-0.4, -0.2) is 54.5 Å². The predicted molar refractivity (Wildman–Crippen MR) is 69.1 cm³/mol. The summed E-state index contributed by atoms with van der Waals surface area (Å²) in [6.45, 7) is 9.19. The fraction of sp³-hybridized carbons (Fsp3) is 0.500. The van der Waals surface area contributed by atoms with E-state index < -0.39 is 5.60 Å². The Hall–Kier alpha value is 0.751. The summed E-state index contributed by atoms with van der Waals surface area (Å²) in [6.07, 6.45) is 1.12. The molecule has 0 aliphatic carbocycles. The van der Waals surface area contributed by atoms with Gasteiger partial charge in [0.15, 0.2) is 0 Å². The Bertz CT molecular complexity index is 249. The summed E-state index contributed by atoms with van der Waals surface area (Å²) in [6, 6.07) is 11.0. The van der Waals surface area contributed by atoms with E-state index in [1.807, 2.05) is 26.0 Å². The van der Waals surface area contributed by atoms with Crippen molar-refractivity contribution in [3.05, 3.63) is 41.8 Å². The van der Waals surface area contributed by atoms with Gasteiger partial charge in [0.2, 0.25) is 0 Å². The number of hydrogen-bond donors (Lipinski definition) is 0. The Labute approximate surface area is 141 Å². The Balaban J connectivity index is 0. The van der Waals surface area contributed by atoms with Crippen molar-refractivity contribution >= 4 is 48.9 Å². The van der Waals surface area contributed by atoms with Gasteiger partial charge in [-0.1, -0.05) is 13.3 Å². The molecule has 0 N–H and O–H groups in total. The van der Waals surface area contributed by atoms with E-state index in [1.54, 1.807) is 13.8 Å². The molecule has 0 heterocycles. The molecule has 0 aromatic heterocycles. The van der Waals surface area contributed by atoms with Crippen LogP contribution in [0.2, 0.25) is 0 Å². The molecule has 16 heavy (non-hydrogen) atoms. The second-order valence-electron chi connectivity index (χ2n) is 4.27. The van der Waals surface area contributed by atoms with Gasteiger partial charge in [0, 0.05) is 0 Å². The predicted octanol–water partition coefficient (Wildman–Crippen LogP) is 2.41. The van der Waals surface area contributed by atoms with Crippen LogP contribution in [-0.2, 0) is 6.42 Å². The average molecular weight is 343 g/mol. The third-order valence-electron chi connectivity index (χ3n) is 2.40. The monoisotopic (exact) mass is 343 g/mol. The molecule has 1 rings (SSSR count). The number of rotatable bonds is 2. The molecule has 86 valence electrons. The minimum Gasteiger partial charge on any atom is -0.873 e. The summed E-state index contributed by atoms with van der Waals surface area (Å²) >= 11 is 0. The van der Waals surface area contributed by atoms with Crippen LogP contribution in [0.25, 0.3) is 0 Å². The van der Waals surface area contributed by atoms with Gasteiger partial charge in [-0.2, -0.15) is 49.7 Å². The van der Waals surface area contributed by atoms with Crippen LogP contribution in [0.3, 0.4) is 0 Å². The van der Waals surface area contributed by atoms with Crippen molar-refractivity contribution in [3.8, 4) is 0 Å². The zero-order valence-corrected chi connectivity index (χ0v) is 15.6. The van der Waals surface area contributed by atoms with E-state index in [2.05, 4.69) is 25.1 Å². The molecular formula is C14H21BaO-. The summed E-state index contributed by atoms with van der Waals surface area (Å²) in [5.41, 5.74) is 0.545. The second-order valence-corrected chi connectivity index (χ2v) is 4.27. The van der Waals surface area contributed by atoms with Gasteiger partial charge >= 0.3 is 48.9 Å². The maximum absolute atomic E-state index is 10.8. The van der Waals surface area contributed by atoms with Gasteiger partial charge < -0.3 is 11.0 Å². The number of hydrogen-bond acceptors (Lipinski definition) is 1. The Kier molecular flexibility index (Phi) is 11.6. The van der Waals surface area contributed by atoms with E-state index in [9.17, 15) is 5.11 Å². The van der Waals surface area contributed by atoms with E-state index in [-0.39, 0.29) is 48.9 Å². The van der Waals surface area contributed by atoms with Crippen molar-refractivity contribution < 1.29 is 5.11 Å². The van der Waals surface area contributed by atoms with Crippen LogP contribution in [0.15, 0.2) is 24.3 Å². The van der Waals surface area contributed by atoms with Crippen molar-refractivity contribution in [2.75, 3.05) is 0 Å². The van der Waals surface area contributed by atoms with Crippen molar-refractivity contribution in [1.29, 1.82) is 0 Å². The summed E-state index contributed by atoms with van der Waals surface area (Å²) < 4.78 is 0. The van der Waals surface area contributed by atoms with Crippen LogP contribution in [0.1, 0.15) is 40.2 Å². The quantitative estimate of drug-likeness (QED) is 0.598. The molecule has 0 saturated carbocycles. The molecule has 0 aliphatic heterocycles. The fourth-order valence-electron chi connectivity index (χ4n) is 0.657. The normalized spacial score (nSPS) is 10.2. The largest absolute Gasteiger partial charge is 2.00 e. The average Bonchev–Trinajstić information content (AvgIpc) is 2.18. The van der Waals surface area contributed by atoms with Crippen LogP contribution in [0.5, 0.6) is 0 Å². The first-order valence-corrected chi connectivity index (χ1v) is 5.34. The van der Waals surface area contributed by atoms with Gasteiger partial charge in [-0.3, -0.25) is 5.60 Å². The van der Waals surface area contributed by atoms with E-state index >= 15 is 0 Å². The number of benzene rings is 1. The zero-order chi connectivity index (χ0) is 11.9. The summed E-state index contributed by atoms with van der Waals surface area (Å²) in [4.78, 5) is 0.